The summed E-state index contributed by atoms with van der Waals surface area (Å²) in [5.41, 5.74) is 1.39. The molecule has 0 saturated carbocycles. The van der Waals surface area contributed by atoms with Gasteiger partial charge in [0, 0.05) is 0 Å². The Balaban J connectivity index is 0. The van der Waals surface area contributed by atoms with E-state index in [9.17, 15) is 0 Å². The second kappa shape index (κ2) is 20.2. The van der Waals surface area contributed by atoms with Gasteiger partial charge in [0.15, 0.2) is 0 Å². The zero-order valence-electron chi connectivity index (χ0n) is 14.7. The SMILES string of the molecule is O=[C]=[Fe]=[C]=O.[CH2-]C(=C(C#N)C#N)[c-]1cccc1.[Fe+2].c1cc[cH-]c1.c1cc[cH-]c1. The summed E-state index contributed by atoms with van der Waals surface area (Å²) in [7, 11) is 0. The van der Waals surface area contributed by atoms with Crippen LogP contribution >= 0.6 is 0 Å². The number of hydrogen-bond donors (Lipinski definition) is 0. The summed E-state index contributed by atoms with van der Waals surface area (Å²) in [6.07, 6.45) is 0. The van der Waals surface area contributed by atoms with Crippen molar-refractivity contribution in [2.75, 3.05) is 0 Å². The number of allylic oxidation sites excluding steroid dienone is 2. The predicted molar refractivity (Wildman–Crippen MR) is 101 cm³/mol. The van der Waals surface area contributed by atoms with E-state index in [4.69, 9.17) is 20.1 Å². The minimum Gasteiger partial charge on any atom is -0.325 e. The molecule has 0 aliphatic rings. The van der Waals surface area contributed by atoms with Crippen LogP contribution in [0.5, 0.6) is 0 Å². The van der Waals surface area contributed by atoms with Gasteiger partial charge >= 0.3 is 50.3 Å². The predicted octanol–water partition coefficient (Wildman–Crippen LogP) is 4.05. The number of nitrogens with zero attached hydrogens (tertiary/aromatic N) is 2. The summed E-state index contributed by atoms with van der Waals surface area (Å²) < 4.78 is 0. The standard InChI is InChI=1S/C10H6N2.2C5H5.2CO.2Fe/c1-8(10(6-11)7-12)9-4-2-3-5-9;2*1-2-4-5-3-1;2*1-2;;/h2-5H,1H2;2*1-5H;;;;/q-2;2*-1;;;;+2. The fourth-order valence-corrected chi connectivity index (χ4v) is 1.58. The molecule has 0 aliphatic carbocycles. The van der Waals surface area contributed by atoms with Crippen LogP contribution in [-0.4, -0.2) is 9.57 Å². The van der Waals surface area contributed by atoms with Gasteiger partial charge in [0.2, 0.25) is 0 Å². The van der Waals surface area contributed by atoms with E-state index < -0.39 is 0 Å². The van der Waals surface area contributed by atoms with Gasteiger partial charge in [0.1, 0.15) is 0 Å². The average Bonchev–Trinajstić information content (AvgIpc) is 3.51. The van der Waals surface area contributed by atoms with Crippen LogP contribution < -0.4 is 0 Å². The Morgan fingerprint density at radius 2 is 1.21 bits per heavy atom. The Bertz CT molecular complexity index is 850. The molecule has 0 heterocycles. The Morgan fingerprint density at radius 3 is 1.43 bits per heavy atom. The van der Waals surface area contributed by atoms with Crippen LogP contribution in [0.1, 0.15) is 5.56 Å². The molecule has 0 atom stereocenters. The summed E-state index contributed by atoms with van der Waals surface area (Å²) in [5.74, 6) is 0. The van der Waals surface area contributed by atoms with E-state index in [0.717, 1.165) is 5.56 Å². The topological polar surface area (TPSA) is 81.7 Å². The first-order chi connectivity index (χ1) is 13.2. The largest absolute Gasteiger partial charge is 2.00 e. The van der Waals surface area contributed by atoms with Crippen LogP contribution in [0.3, 0.4) is 0 Å². The van der Waals surface area contributed by atoms with E-state index in [1.807, 2.05) is 84.9 Å². The molecule has 0 aromatic heterocycles. The van der Waals surface area contributed by atoms with Crippen LogP contribution in [0.15, 0.2) is 90.5 Å². The number of hydrogen-bond acceptors (Lipinski definition) is 4. The second-order valence-corrected chi connectivity index (χ2v) is 5.13. The molecule has 144 valence electrons. The Labute approximate surface area is 181 Å². The molecule has 0 N–H and O–H groups in total. The number of carbonyl (C=O) groups excluding carboxylic acids is 2. The smallest absolute Gasteiger partial charge is 0.325 e. The van der Waals surface area contributed by atoms with E-state index in [0.29, 0.717) is 5.57 Å². The number of nitriles is 2. The molecule has 4 nitrogen and oxygen atoms in total. The normalized spacial score (nSPS) is 7.21. The van der Waals surface area contributed by atoms with Gasteiger partial charge in [0.05, 0.1) is 0 Å². The van der Waals surface area contributed by atoms with Crippen LogP contribution in [0.2, 0.25) is 0 Å². The van der Waals surface area contributed by atoms with Gasteiger partial charge in [-0.05, 0) is 12.1 Å². The molecule has 0 unspecified atom stereocenters. The third-order valence-corrected chi connectivity index (χ3v) is 2.95. The fraction of sp³-hybridized carbons (Fsp3) is 0. The van der Waals surface area contributed by atoms with Crippen molar-refractivity contribution in [2.45, 2.75) is 0 Å². The van der Waals surface area contributed by atoms with Gasteiger partial charge in [-0.1, -0.05) is 17.7 Å². The van der Waals surface area contributed by atoms with Crippen molar-refractivity contribution in [3.05, 3.63) is 103 Å². The fourth-order valence-electron chi connectivity index (χ4n) is 1.54. The molecule has 3 rings (SSSR count). The maximum atomic E-state index is 9.02. The van der Waals surface area contributed by atoms with Crippen LogP contribution in [0, 0.1) is 29.6 Å². The minimum atomic E-state index is -0.222. The molecule has 0 aliphatic heterocycles. The van der Waals surface area contributed by atoms with Gasteiger partial charge in [-0.25, -0.2) is 40.4 Å². The van der Waals surface area contributed by atoms with Crippen molar-refractivity contribution >= 4 is 15.1 Å². The van der Waals surface area contributed by atoms with Crippen LogP contribution in [0.25, 0.3) is 5.57 Å². The second-order valence-electron chi connectivity index (χ2n) is 4.41. The van der Waals surface area contributed by atoms with E-state index in [1.165, 1.54) is 9.57 Å². The summed E-state index contributed by atoms with van der Waals surface area (Å²) in [4.78, 5) is 20.7. The summed E-state index contributed by atoms with van der Waals surface area (Å²) in [5, 5.41) is 17.0. The zero-order chi connectivity index (χ0) is 20.2. The van der Waals surface area contributed by atoms with Crippen LogP contribution in [-0.2, 0) is 40.7 Å². The monoisotopic (exact) mass is 452 g/mol. The molecule has 28 heavy (non-hydrogen) atoms. The molecule has 0 fully saturated rings. The molecule has 0 saturated heterocycles. The first-order valence-electron chi connectivity index (χ1n) is 7.47. The molecule has 0 radical (unpaired) electrons. The molecular weight excluding hydrogens is 436 g/mol. The van der Waals surface area contributed by atoms with Gasteiger partial charge < -0.3 is 12.5 Å². The van der Waals surface area contributed by atoms with Gasteiger partial charge in [-0.2, -0.15) is 48.5 Å². The summed E-state index contributed by atoms with van der Waals surface area (Å²) >= 11 is -0.222. The third-order valence-electron chi connectivity index (χ3n) is 2.72. The third kappa shape index (κ3) is 14.1. The molecule has 0 bridgehead atoms. The average molecular weight is 452 g/mol. The Hall–Kier alpha value is -3.16. The quantitative estimate of drug-likeness (QED) is 0.317. The van der Waals surface area contributed by atoms with E-state index in [-0.39, 0.29) is 36.7 Å². The van der Waals surface area contributed by atoms with Crippen molar-refractivity contribution in [2.24, 2.45) is 0 Å². The number of rotatable bonds is 1. The van der Waals surface area contributed by atoms with Crippen molar-refractivity contribution < 1.29 is 40.7 Å². The molecule has 3 aromatic rings. The van der Waals surface area contributed by atoms with E-state index in [1.54, 1.807) is 12.1 Å². The summed E-state index contributed by atoms with van der Waals surface area (Å²) in [6.45, 7) is 3.66. The van der Waals surface area contributed by atoms with Crippen molar-refractivity contribution in [1.82, 2.24) is 0 Å². The zero-order valence-corrected chi connectivity index (χ0v) is 16.9. The van der Waals surface area contributed by atoms with Crippen molar-refractivity contribution in [1.29, 1.82) is 10.5 Å². The van der Waals surface area contributed by atoms with Gasteiger partial charge in [-0.15, -0.1) is 0 Å². The Morgan fingerprint density at radius 1 is 0.821 bits per heavy atom. The van der Waals surface area contributed by atoms with Crippen molar-refractivity contribution in [3.8, 4) is 12.1 Å². The molecule has 0 amide bonds. The van der Waals surface area contributed by atoms with Gasteiger partial charge in [-0.3, -0.25) is 0 Å². The molecule has 3 aromatic carbocycles. The minimum absolute atomic E-state index is 0. The summed E-state index contributed by atoms with van der Waals surface area (Å²) in [6, 6.07) is 30.9. The Kier molecular flexibility index (Phi) is 19.5. The molecule has 6 heteroatoms. The molecule has 0 spiro atoms. The van der Waals surface area contributed by atoms with E-state index in [2.05, 4.69) is 6.92 Å². The van der Waals surface area contributed by atoms with Crippen molar-refractivity contribution in [3.63, 3.8) is 0 Å². The van der Waals surface area contributed by atoms with Crippen LogP contribution in [0.4, 0.5) is 0 Å². The van der Waals surface area contributed by atoms with E-state index >= 15 is 0 Å². The van der Waals surface area contributed by atoms with Gasteiger partial charge in [0.25, 0.3) is 0 Å². The molecular formula is C22H16Fe2N2O2-2. The first-order valence-corrected chi connectivity index (χ1v) is 8.58. The first kappa shape index (κ1) is 27.1. The maximum Gasteiger partial charge on any atom is 2.00 e. The maximum absolute atomic E-state index is 9.02.